The van der Waals surface area contributed by atoms with Gasteiger partial charge in [0.15, 0.2) is 0 Å². The molecule has 0 fully saturated rings. The molecule has 0 aromatic rings. The Morgan fingerprint density at radius 3 is 0.400 bits per heavy atom. The minimum absolute atomic E-state index is 0. The molecule has 1 radical (unpaired) electrons. The van der Waals surface area contributed by atoms with Crippen molar-refractivity contribution in [3.8, 4) is 0 Å². The fourth-order valence-corrected chi connectivity index (χ4v) is 0. The maximum atomic E-state index is 0. The van der Waals surface area contributed by atoms with E-state index in [-0.39, 0.29) is 60.5 Å². The van der Waals surface area contributed by atoms with Gasteiger partial charge in [0.25, 0.3) is 0 Å². The van der Waals surface area contributed by atoms with Gasteiger partial charge in [0.05, 0.1) is 0 Å². The van der Waals surface area contributed by atoms with E-state index in [9.17, 15) is 0 Å². The Balaban J connectivity index is 0. The second-order valence-corrected chi connectivity index (χ2v) is 0. The Bertz CT molecular complexity index is 3.61. The van der Waals surface area contributed by atoms with Crippen molar-refractivity contribution in [1.82, 2.24) is 0 Å². The summed E-state index contributed by atoms with van der Waals surface area (Å²) in [7, 11) is 0. The largest absolute Gasteiger partial charge is 4.00 e. The van der Waals surface area contributed by atoms with Gasteiger partial charge < -0.3 is 21.9 Å². The predicted octanol–water partition coefficient (Wildman–Crippen LogP) is -0.707. The van der Waals surface area contributed by atoms with Crippen LogP contribution in [0.25, 0.3) is 0 Å². The van der Waals surface area contributed by atoms with E-state index in [0.29, 0.717) is 0 Å². The van der Waals surface area contributed by atoms with Crippen molar-refractivity contribution in [3.05, 3.63) is 0 Å². The van der Waals surface area contributed by atoms with Crippen LogP contribution in [0.3, 0.4) is 0 Å². The molecule has 37 valence electrons. The Kier molecular flexibility index (Phi) is 1750. The molecular weight excluding hydrogens is 223 g/mol. The minimum atomic E-state index is 0. The molecule has 0 aliphatic heterocycles. The van der Waals surface area contributed by atoms with Gasteiger partial charge in [0, 0.05) is 0 Å². The Morgan fingerprint density at radius 2 is 0.400 bits per heavy atom. The van der Waals surface area contributed by atoms with Crippen molar-refractivity contribution in [2.45, 2.75) is 0 Å². The van der Waals surface area contributed by atoms with Gasteiger partial charge in [-0.25, -0.2) is 0 Å². The zero-order valence-electron chi connectivity index (χ0n) is 2.12. The summed E-state index contributed by atoms with van der Waals surface area (Å²) in [6.45, 7) is 0. The van der Waals surface area contributed by atoms with Crippen molar-refractivity contribution in [3.63, 3.8) is 0 Å². The zero-order chi connectivity index (χ0) is 0. The number of hydrogen-bond acceptors (Lipinski definition) is 4. The molecule has 5 heteroatoms. The van der Waals surface area contributed by atoms with Crippen LogP contribution in [0.15, 0.2) is 0 Å². The molecule has 4 nitrogen and oxygen atoms in total. The summed E-state index contributed by atoms with van der Waals surface area (Å²) in [6, 6.07) is 0. The number of hydrogen-bond donors (Lipinski definition) is 0. The molecule has 0 aliphatic carbocycles. The van der Waals surface area contributed by atoms with E-state index in [4.69, 9.17) is 0 Å². The molecule has 0 rings (SSSR count). The molecule has 5 heavy (non-hydrogen) atoms. The summed E-state index contributed by atoms with van der Waals surface area (Å²) in [5.74, 6) is 0. The van der Waals surface area contributed by atoms with Crippen LogP contribution < -0.4 is 0 Å². The van der Waals surface area contributed by atoms with Gasteiger partial charge in [0.2, 0.25) is 0 Å². The summed E-state index contributed by atoms with van der Waals surface area (Å²) in [4.78, 5) is 0. The molecule has 0 saturated heterocycles. The molecule has 0 saturated carbocycles. The van der Waals surface area contributed by atoms with E-state index in [0.717, 1.165) is 0 Å². The van der Waals surface area contributed by atoms with Crippen molar-refractivity contribution >= 4 is 0 Å². The molecule has 4 N–H and O–H groups in total. The van der Waals surface area contributed by atoms with Crippen LogP contribution in [-0.2, 0) is 0 Å². The monoisotopic (exact) mass is 227 g/mol. The van der Waals surface area contributed by atoms with E-state index in [1.165, 1.54) is 0 Å². The van der Waals surface area contributed by atoms with Crippen molar-refractivity contribution in [2.24, 2.45) is 0 Å². The van der Waals surface area contributed by atoms with Crippen LogP contribution in [-0.4, -0.2) is 21.9 Å². The summed E-state index contributed by atoms with van der Waals surface area (Å²) in [5, 5.41) is 0. The van der Waals surface area contributed by atoms with Gasteiger partial charge in [-0.05, 0) is 0 Å². The Labute approximate surface area is 60.2 Å². The summed E-state index contributed by atoms with van der Waals surface area (Å²) in [5.41, 5.74) is 0. The summed E-state index contributed by atoms with van der Waals surface area (Å²) < 4.78 is 0. The zero-order valence-corrected chi connectivity index (χ0v) is 4.26. The third kappa shape index (κ3) is 39.5. The van der Waals surface area contributed by atoms with Gasteiger partial charge >= 0.3 is 38.6 Å². The second-order valence-electron chi connectivity index (χ2n) is 0. The normalized spacial score (nSPS) is 0. The molecule has 0 unspecified atom stereocenters. The van der Waals surface area contributed by atoms with Crippen LogP contribution in [0.2, 0.25) is 0 Å². The van der Waals surface area contributed by atoms with E-state index in [2.05, 4.69) is 0 Å². The molecule has 0 bridgehead atoms. The first-order chi connectivity index (χ1) is 0. The third-order valence-corrected chi connectivity index (χ3v) is 0. The van der Waals surface area contributed by atoms with E-state index in [1.54, 1.807) is 0 Å². The first kappa shape index (κ1) is 127. The molecular formula is H4O4Tb. The first-order valence-corrected chi connectivity index (χ1v) is 0. The van der Waals surface area contributed by atoms with Crippen LogP contribution in [0.4, 0.5) is 0 Å². The molecule has 0 aliphatic rings. The van der Waals surface area contributed by atoms with Gasteiger partial charge in [-0.3, -0.25) is 0 Å². The van der Waals surface area contributed by atoms with E-state index >= 15 is 0 Å². The molecule has 0 spiro atoms. The summed E-state index contributed by atoms with van der Waals surface area (Å²) in [6.07, 6.45) is 0. The van der Waals surface area contributed by atoms with Crippen molar-refractivity contribution < 1.29 is 60.5 Å². The minimum Gasteiger partial charge on any atom is -0.870 e. The maximum Gasteiger partial charge on any atom is 4.00 e. The van der Waals surface area contributed by atoms with Crippen LogP contribution in [0.5, 0.6) is 0 Å². The fourth-order valence-electron chi connectivity index (χ4n) is 0. The third-order valence-electron chi connectivity index (χ3n) is 0. The average molecular weight is 227 g/mol. The Hall–Kier alpha value is 1.13. The predicted molar refractivity (Wildman–Crippen MR) is 7.74 cm³/mol. The van der Waals surface area contributed by atoms with Crippen LogP contribution in [0.1, 0.15) is 0 Å². The van der Waals surface area contributed by atoms with Gasteiger partial charge in [-0.15, -0.1) is 0 Å². The topological polar surface area (TPSA) is 120 Å². The molecule has 0 atom stereocenters. The van der Waals surface area contributed by atoms with Gasteiger partial charge in [-0.2, -0.15) is 0 Å². The number of rotatable bonds is 0. The van der Waals surface area contributed by atoms with E-state index in [1.807, 2.05) is 0 Å². The Morgan fingerprint density at radius 1 is 0.400 bits per heavy atom. The van der Waals surface area contributed by atoms with Crippen LogP contribution >= 0.6 is 0 Å². The second kappa shape index (κ2) is 68.8. The molecule has 0 heterocycles. The SMILES string of the molecule is [OH-].[OH-].[OH-].[OH-].[Tb+4]. The molecule has 0 aromatic carbocycles. The van der Waals surface area contributed by atoms with Gasteiger partial charge in [0.1, 0.15) is 0 Å². The van der Waals surface area contributed by atoms with Gasteiger partial charge in [-0.1, -0.05) is 0 Å². The van der Waals surface area contributed by atoms with E-state index < -0.39 is 0 Å². The summed E-state index contributed by atoms with van der Waals surface area (Å²) >= 11 is 0. The smallest absolute Gasteiger partial charge is 0.870 e. The standard InChI is InChI=1S/4H2O.Tb/h4*1H2;/q;;;;+4/p-4. The van der Waals surface area contributed by atoms with Crippen molar-refractivity contribution in [2.75, 3.05) is 0 Å². The first-order valence-electron chi connectivity index (χ1n) is 0. The quantitative estimate of drug-likeness (QED) is 0.542. The average Bonchev–Trinajstić information content (AvgIpc) is 0. The molecule has 0 aromatic heterocycles. The van der Waals surface area contributed by atoms with Crippen LogP contribution in [0, 0.1) is 38.6 Å². The molecule has 0 amide bonds. The van der Waals surface area contributed by atoms with Crippen molar-refractivity contribution in [1.29, 1.82) is 0 Å². The maximum absolute atomic E-state index is 0. The fraction of sp³-hybridized carbons (Fsp3) is 0.